The fraction of sp³-hybridized carbons (Fsp3) is 0.486. The summed E-state index contributed by atoms with van der Waals surface area (Å²) in [5, 5.41) is 13.5. The molecule has 232 valence electrons. The van der Waals surface area contributed by atoms with Gasteiger partial charge in [-0.15, -0.1) is 12.3 Å². The first-order valence-electron chi connectivity index (χ1n) is 14.9. The molecule has 2 aromatic carbocycles. The molecule has 1 aromatic heterocycles. The summed E-state index contributed by atoms with van der Waals surface area (Å²) < 4.78 is 22.6. The van der Waals surface area contributed by atoms with E-state index in [1.54, 1.807) is 28.1 Å². The van der Waals surface area contributed by atoms with Gasteiger partial charge < -0.3 is 29.1 Å². The Labute approximate surface area is 255 Å². The van der Waals surface area contributed by atoms with E-state index in [1.165, 1.54) is 0 Å². The largest absolute Gasteiger partial charge is 0.497 e. The molecule has 0 spiro atoms. The number of nitrogens with one attached hydrogen (secondary N) is 1. The highest BCUT2D eigenvalue weighted by molar-refractivity contribution is 6.06. The second kappa shape index (κ2) is 16.0. The van der Waals surface area contributed by atoms with Gasteiger partial charge in [-0.25, -0.2) is 4.79 Å². The summed E-state index contributed by atoms with van der Waals surface area (Å²) in [6.45, 7) is 5.79. The third-order valence-corrected chi connectivity index (χ3v) is 7.28. The highest BCUT2D eigenvalue weighted by atomic mass is 16.5. The lowest BCUT2D eigenvalue weighted by Gasteiger charge is -2.19. The predicted octanol–water partition coefficient (Wildman–Crippen LogP) is 6.18. The average molecular weight is 592 g/mol. The number of rotatable bonds is 17. The Morgan fingerprint density at radius 1 is 1.05 bits per heavy atom. The molecule has 3 rings (SSSR count). The van der Waals surface area contributed by atoms with Crippen molar-refractivity contribution < 1.29 is 33.3 Å². The smallest absolute Gasteiger partial charge is 0.342 e. The van der Waals surface area contributed by atoms with Gasteiger partial charge in [-0.2, -0.15) is 0 Å². The maximum atomic E-state index is 13.4. The molecule has 1 heterocycles. The molecule has 1 atom stereocenters. The van der Waals surface area contributed by atoms with Crippen molar-refractivity contribution in [1.29, 1.82) is 0 Å². The van der Waals surface area contributed by atoms with Crippen LogP contribution in [-0.2, 0) is 28.8 Å². The highest BCUT2D eigenvalue weighted by Crippen LogP contribution is 2.36. The van der Waals surface area contributed by atoms with Gasteiger partial charge in [-0.05, 0) is 94.7 Å². The molecule has 3 aromatic rings. The molecule has 8 nitrogen and oxygen atoms in total. The van der Waals surface area contributed by atoms with E-state index < -0.39 is 11.6 Å². The van der Waals surface area contributed by atoms with Crippen LogP contribution < -0.4 is 14.8 Å². The van der Waals surface area contributed by atoms with Crippen molar-refractivity contribution in [3.05, 3.63) is 58.8 Å². The number of aryl methyl sites for hydroxylation is 3. The molecule has 0 saturated carbocycles. The minimum absolute atomic E-state index is 0.00513. The number of esters is 1. The van der Waals surface area contributed by atoms with E-state index in [-0.39, 0.29) is 25.0 Å². The zero-order valence-corrected chi connectivity index (χ0v) is 26.1. The van der Waals surface area contributed by atoms with E-state index in [1.807, 2.05) is 43.3 Å². The van der Waals surface area contributed by atoms with Crippen molar-refractivity contribution in [2.75, 3.05) is 20.8 Å². The predicted molar refractivity (Wildman–Crippen MR) is 168 cm³/mol. The standard InChI is InChI=1S/C35H45NO7/c1-7-8-13-29-32(34(38)42-21-10-12-25-14-17-27(40-5)18-15-25)28-22-26(23-30(41-6)33(28)43-29)16-19-31(37)36-24(2)11-9-20-35(3,4)39/h1,14-15,17-18,22-24,39H,8-13,16,19-21H2,2-6H3,(H,36,37). The number of methoxy groups -OCH3 is 2. The van der Waals surface area contributed by atoms with Crippen LogP contribution >= 0.6 is 0 Å². The molecule has 2 N–H and O–H groups in total. The number of benzene rings is 2. The molecule has 0 radical (unpaired) electrons. The molecule has 43 heavy (non-hydrogen) atoms. The lowest BCUT2D eigenvalue weighted by Crippen LogP contribution is -2.33. The lowest BCUT2D eigenvalue weighted by atomic mass is 9.99. The first-order valence-corrected chi connectivity index (χ1v) is 14.9. The molecule has 0 aliphatic rings. The Bertz CT molecular complexity index is 1390. The molecule has 1 amide bonds. The minimum Gasteiger partial charge on any atom is -0.497 e. The monoisotopic (exact) mass is 591 g/mol. The van der Waals surface area contributed by atoms with E-state index in [9.17, 15) is 14.7 Å². The van der Waals surface area contributed by atoms with Gasteiger partial charge in [-0.3, -0.25) is 4.79 Å². The van der Waals surface area contributed by atoms with Crippen molar-refractivity contribution in [3.8, 4) is 23.8 Å². The van der Waals surface area contributed by atoms with Crippen LogP contribution in [0.2, 0.25) is 0 Å². The Morgan fingerprint density at radius 2 is 1.79 bits per heavy atom. The number of hydrogen-bond acceptors (Lipinski definition) is 7. The van der Waals surface area contributed by atoms with Gasteiger partial charge in [0, 0.05) is 30.7 Å². The van der Waals surface area contributed by atoms with E-state index >= 15 is 0 Å². The second-order valence-corrected chi connectivity index (χ2v) is 11.5. The normalized spacial score (nSPS) is 12.0. The fourth-order valence-electron chi connectivity index (χ4n) is 4.98. The fourth-order valence-corrected chi connectivity index (χ4v) is 4.98. The third-order valence-electron chi connectivity index (χ3n) is 7.28. The summed E-state index contributed by atoms with van der Waals surface area (Å²) in [5.74, 6) is 3.80. The van der Waals surface area contributed by atoms with Crippen molar-refractivity contribution in [2.45, 2.75) is 90.2 Å². The van der Waals surface area contributed by atoms with Crippen molar-refractivity contribution in [3.63, 3.8) is 0 Å². The zero-order valence-electron chi connectivity index (χ0n) is 26.1. The van der Waals surface area contributed by atoms with Crippen LogP contribution in [0.25, 0.3) is 11.0 Å². The SMILES string of the molecule is C#CCCc1oc2c(OC)cc(CCC(=O)NC(C)CCCC(C)(C)O)cc2c1C(=O)OCCCc1ccc(OC)cc1. The Kier molecular flexibility index (Phi) is 12.5. The molecule has 0 aliphatic heterocycles. The number of carbonyl (C=O) groups is 2. The molecular formula is C35H45NO7. The van der Waals surface area contributed by atoms with E-state index in [0.717, 1.165) is 36.1 Å². The number of ether oxygens (including phenoxy) is 3. The van der Waals surface area contributed by atoms with Gasteiger partial charge in [0.05, 0.1) is 26.4 Å². The van der Waals surface area contributed by atoms with E-state index in [2.05, 4.69) is 11.2 Å². The van der Waals surface area contributed by atoms with Crippen LogP contribution in [0.5, 0.6) is 11.5 Å². The molecule has 0 aliphatic carbocycles. The number of carbonyl (C=O) groups excluding carboxylic acids is 2. The zero-order chi connectivity index (χ0) is 31.4. The summed E-state index contributed by atoms with van der Waals surface area (Å²) in [5.41, 5.74) is 2.06. The van der Waals surface area contributed by atoms with Gasteiger partial charge in [0.1, 0.15) is 17.1 Å². The topological polar surface area (TPSA) is 107 Å². The number of terminal acetylenes is 1. The summed E-state index contributed by atoms with van der Waals surface area (Å²) in [6, 6.07) is 11.5. The lowest BCUT2D eigenvalue weighted by molar-refractivity contribution is -0.121. The van der Waals surface area contributed by atoms with Crippen LogP contribution in [0, 0.1) is 12.3 Å². The van der Waals surface area contributed by atoms with Crippen molar-refractivity contribution in [1.82, 2.24) is 5.32 Å². The van der Waals surface area contributed by atoms with Gasteiger partial charge in [-0.1, -0.05) is 12.1 Å². The first kappa shape index (κ1) is 33.5. The summed E-state index contributed by atoms with van der Waals surface area (Å²) in [4.78, 5) is 26.0. The first-order chi connectivity index (χ1) is 20.5. The summed E-state index contributed by atoms with van der Waals surface area (Å²) in [6.07, 6.45) is 10.7. The van der Waals surface area contributed by atoms with Crippen molar-refractivity contribution >= 4 is 22.8 Å². The van der Waals surface area contributed by atoms with E-state index in [4.69, 9.17) is 25.1 Å². The maximum absolute atomic E-state index is 13.4. The van der Waals surface area contributed by atoms with Crippen LogP contribution in [0.15, 0.2) is 40.8 Å². The number of aliphatic hydroxyl groups is 1. The van der Waals surface area contributed by atoms with Crippen LogP contribution in [0.3, 0.4) is 0 Å². The maximum Gasteiger partial charge on any atom is 0.342 e. The Hall–Kier alpha value is -3.96. The number of furan rings is 1. The molecule has 0 saturated heterocycles. The highest BCUT2D eigenvalue weighted by Gasteiger charge is 2.25. The number of fused-ring (bicyclic) bond motifs is 1. The van der Waals surface area contributed by atoms with Crippen LogP contribution in [0.4, 0.5) is 0 Å². The summed E-state index contributed by atoms with van der Waals surface area (Å²) >= 11 is 0. The van der Waals surface area contributed by atoms with Gasteiger partial charge >= 0.3 is 5.97 Å². The van der Waals surface area contributed by atoms with Crippen molar-refractivity contribution in [2.24, 2.45) is 0 Å². The van der Waals surface area contributed by atoms with Gasteiger partial charge in [0.25, 0.3) is 0 Å². The second-order valence-electron chi connectivity index (χ2n) is 11.5. The molecule has 0 fully saturated rings. The Morgan fingerprint density at radius 3 is 2.44 bits per heavy atom. The molecule has 8 heteroatoms. The van der Waals surface area contributed by atoms with Gasteiger partial charge in [0.2, 0.25) is 5.91 Å². The van der Waals surface area contributed by atoms with Crippen LogP contribution in [0.1, 0.15) is 86.5 Å². The number of amides is 1. The van der Waals surface area contributed by atoms with Crippen LogP contribution in [-0.4, -0.2) is 49.5 Å². The summed E-state index contributed by atoms with van der Waals surface area (Å²) in [7, 11) is 3.17. The third kappa shape index (κ3) is 10.4. The molecule has 0 bridgehead atoms. The average Bonchev–Trinajstić information content (AvgIpc) is 3.34. The van der Waals surface area contributed by atoms with Gasteiger partial charge in [0.15, 0.2) is 11.3 Å². The minimum atomic E-state index is -0.711. The van der Waals surface area contributed by atoms with E-state index in [0.29, 0.717) is 60.1 Å². The Balaban J connectivity index is 1.70. The molecule has 1 unspecified atom stereocenters. The molecular weight excluding hydrogens is 546 g/mol. The number of hydrogen-bond donors (Lipinski definition) is 2. The quantitative estimate of drug-likeness (QED) is 0.110.